The maximum atomic E-state index is 13.4. The second kappa shape index (κ2) is 11.8. The molecule has 0 radical (unpaired) electrons. The van der Waals surface area contributed by atoms with Gasteiger partial charge in [0.15, 0.2) is 18.1 Å². The lowest BCUT2D eigenvalue weighted by Crippen LogP contribution is -2.20. The zero-order valence-corrected chi connectivity index (χ0v) is 21.6. The second-order valence-electron chi connectivity index (χ2n) is 7.12. The molecule has 2 N–H and O–H groups in total. The van der Waals surface area contributed by atoms with Gasteiger partial charge in [0.25, 0.3) is 5.91 Å². The number of carbonyl (C=O) groups is 1. The predicted molar refractivity (Wildman–Crippen MR) is 139 cm³/mol. The molecule has 0 bridgehead atoms. The van der Waals surface area contributed by atoms with Gasteiger partial charge in [-0.1, -0.05) is 29.3 Å². The minimum Gasteiger partial charge on any atom is -0.490 e. The first-order valence-corrected chi connectivity index (χ1v) is 11.9. The van der Waals surface area contributed by atoms with Gasteiger partial charge in [-0.05, 0) is 90.0 Å². The molecular weight excluding hydrogens is 581 g/mol. The van der Waals surface area contributed by atoms with Crippen molar-refractivity contribution < 1.29 is 18.7 Å². The Bertz CT molecular complexity index is 1160. The summed E-state index contributed by atoms with van der Waals surface area (Å²) in [7, 11) is 0. The minimum atomic E-state index is -0.466. The maximum absolute atomic E-state index is 13.4. The molecule has 0 fully saturated rings. The van der Waals surface area contributed by atoms with Gasteiger partial charge in [0.2, 0.25) is 0 Å². The summed E-state index contributed by atoms with van der Waals surface area (Å²) < 4.78 is 25.7. The van der Waals surface area contributed by atoms with E-state index in [9.17, 15) is 9.18 Å². The fraction of sp³-hybridized carbons (Fsp3) is 0.208. The highest BCUT2D eigenvalue weighted by Gasteiger charge is 2.15. The van der Waals surface area contributed by atoms with Gasteiger partial charge >= 0.3 is 0 Å². The van der Waals surface area contributed by atoms with Crippen molar-refractivity contribution in [3.63, 3.8) is 0 Å². The summed E-state index contributed by atoms with van der Waals surface area (Å²) in [5.41, 5.74) is 3.15. The topological polar surface area (TPSA) is 59.6 Å². The average Bonchev–Trinajstić information content (AvgIpc) is 2.77. The number of amides is 1. The van der Waals surface area contributed by atoms with Crippen LogP contribution in [0.2, 0.25) is 10.0 Å². The van der Waals surface area contributed by atoms with Gasteiger partial charge in [0.05, 0.1) is 15.2 Å². The van der Waals surface area contributed by atoms with E-state index >= 15 is 0 Å². The van der Waals surface area contributed by atoms with Crippen LogP contribution in [-0.4, -0.2) is 19.1 Å². The van der Waals surface area contributed by atoms with Crippen molar-refractivity contribution in [1.82, 2.24) is 0 Å². The molecule has 3 aromatic rings. The van der Waals surface area contributed by atoms with Crippen LogP contribution >= 0.6 is 45.8 Å². The summed E-state index contributed by atoms with van der Waals surface area (Å²) in [5, 5.41) is 6.61. The van der Waals surface area contributed by atoms with Crippen LogP contribution in [0.1, 0.15) is 18.1 Å². The monoisotopic (exact) mass is 602 g/mol. The van der Waals surface area contributed by atoms with Crippen LogP contribution in [0.4, 0.5) is 15.8 Å². The molecule has 174 valence electrons. The van der Waals surface area contributed by atoms with Gasteiger partial charge in [-0.15, -0.1) is 0 Å². The summed E-state index contributed by atoms with van der Waals surface area (Å²) in [6.07, 6.45) is 0. The summed E-state index contributed by atoms with van der Waals surface area (Å²) in [5.74, 6) is 0.242. The lowest BCUT2D eigenvalue weighted by Gasteiger charge is -2.16. The Hall–Kier alpha value is -2.23. The molecule has 5 nitrogen and oxygen atoms in total. The molecule has 1 amide bonds. The summed E-state index contributed by atoms with van der Waals surface area (Å²) >= 11 is 14.1. The molecule has 0 heterocycles. The number of rotatable bonds is 9. The Morgan fingerprint density at radius 2 is 1.76 bits per heavy atom. The largest absolute Gasteiger partial charge is 0.490 e. The van der Waals surface area contributed by atoms with Gasteiger partial charge < -0.3 is 20.1 Å². The molecule has 9 heteroatoms. The van der Waals surface area contributed by atoms with Crippen LogP contribution < -0.4 is 20.1 Å². The third-order valence-electron chi connectivity index (χ3n) is 4.59. The third-order valence-corrected chi connectivity index (χ3v) is 6.09. The molecule has 0 aliphatic rings. The molecule has 0 unspecified atom stereocenters. The lowest BCUT2D eigenvalue weighted by atomic mass is 10.2. The van der Waals surface area contributed by atoms with Gasteiger partial charge in [-0.2, -0.15) is 0 Å². The summed E-state index contributed by atoms with van der Waals surface area (Å²) in [4.78, 5) is 12.4. The van der Waals surface area contributed by atoms with E-state index in [1.54, 1.807) is 18.2 Å². The molecule has 0 saturated carbocycles. The second-order valence-corrected chi connectivity index (χ2v) is 9.10. The van der Waals surface area contributed by atoms with Gasteiger partial charge in [0.1, 0.15) is 5.82 Å². The van der Waals surface area contributed by atoms with Crippen molar-refractivity contribution in [1.29, 1.82) is 0 Å². The number of nitrogens with one attached hydrogen (secondary N) is 2. The first-order chi connectivity index (χ1) is 15.8. The first-order valence-electron chi connectivity index (χ1n) is 10.1. The smallest absolute Gasteiger partial charge is 0.262 e. The molecule has 33 heavy (non-hydrogen) atoms. The van der Waals surface area contributed by atoms with Crippen molar-refractivity contribution in [2.24, 2.45) is 0 Å². The molecule has 0 aliphatic heterocycles. The van der Waals surface area contributed by atoms with Crippen LogP contribution in [0.5, 0.6) is 11.5 Å². The number of carbonyl (C=O) groups excluding carboxylic acids is 1. The van der Waals surface area contributed by atoms with E-state index in [4.69, 9.17) is 32.7 Å². The van der Waals surface area contributed by atoms with E-state index in [0.717, 1.165) is 14.7 Å². The molecule has 3 rings (SSSR count). The molecule has 0 aliphatic carbocycles. The third kappa shape index (κ3) is 7.12. The predicted octanol–water partition coefficient (Wildman–Crippen LogP) is 7.07. The minimum absolute atomic E-state index is 0.0551. The Labute approximate surface area is 215 Å². The Balaban J connectivity index is 1.67. The molecule has 0 aromatic heterocycles. The zero-order chi connectivity index (χ0) is 24.0. The van der Waals surface area contributed by atoms with Gasteiger partial charge in [0, 0.05) is 22.9 Å². The molecule has 0 spiro atoms. The van der Waals surface area contributed by atoms with Crippen LogP contribution in [-0.2, 0) is 11.3 Å². The maximum Gasteiger partial charge on any atom is 0.262 e. The quantitative estimate of drug-likeness (QED) is 0.257. The number of hydrogen-bond acceptors (Lipinski definition) is 4. The Kier molecular flexibility index (Phi) is 9.05. The Morgan fingerprint density at radius 3 is 2.45 bits per heavy atom. The molecule has 0 atom stereocenters. The van der Waals surface area contributed by atoms with Crippen molar-refractivity contribution in [2.75, 3.05) is 23.8 Å². The summed E-state index contributed by atoms with van der Waals surface area (Å²) in [6, 6.07) is 13.5. The highest BCUT2D eigenvalue weighted by molar-refractivity contribution is 14.1. The normalized spacial score (nSPS) is 10.6. The van der Waals surface area contributed by atoms with E-state index in [1.807, 2.05) is 32.0 Å². The van der Waals surface area contributed by atoms with Crippen molar-refractivity contribution in [3.05, 3.63) is 79.1 Å². The standard InChI is InChI=1S/C24H22Cl2FIN2O3/c1-3-32-22-9-15(12-29-16-6-7-20(27)19(26)10-16)8-21(28)24(22)33-13-23(31)30-17-5-4-14(2)18(25)11-17/h4-11,29H,3,12-13H2,1-2H3,(H,30,31). The van der Waals surface area contributed by atoms with Crippen LogP contribution in [0.15, 0.2) is 48.5 Å². The molecule has 0 saturated heterocycles. The fourth-order valence-electron chi connectivity index (χ4n) is 2.94. The van der Waals surface area contributed by atoms with Gasteiger partial charge in [-0.3, -0.25) is 4.79 Å². The van der Waals surface area contributed by atoms with Crippen molar-refractivity contribution in [3.8, 4) is 11.5 Å². The number of benzene rings is 3. The zero-order valence-electron chi connectivity index (χ0n) is 18.0. The van der Waals surface area contributed by atoms with Crippen molar-refractivity contribution in [2.45, 2.75) is 20.4 Å². The highest BCUT2D eigenvalue weighted by atomic mass is 127. The number of hydrogen-bond donors (Lipinski definition) is 2. The Morgan fingerprint density at radius 1 is 1.03 bits per heavy atom. The van der Waals surface area contributed by atoms with Gasteiger partial charge in [-0.25, -0.2) is 4.39 Å². The van der Waals surface area contributed by atoms with E-state index < -0.39 is 5.82 Å². The number of anilines is 2. The van der Waals surface area contributed by atoms with E-state index in [-0.39, 0.29) is 17.5 Å². The van der Waals surface area contributed by atoms with E-state index in [2.05, 4.69) is 33.2 Å². The van der Waals surface area contributed by atoms with Crippen LogP contribution in [0, 0.1) is 16.3 Å². The van der Waals surface area contributed by atoms with E-state index in [1.165, 1.54) is 12.1 Å². The summed E-state index contributed by atoms with van der Waals surface area (Å²) in [6.45, 7) is 4.48. The molecular formula is C24H22Cl2FIN2O3. The van der Waals surface area contributed by atoms with Crippen molar-refractivity contribution >= 4 is 63.1 Å². The first kappa shape index (κ1) is 25.4. The van der Waals surface area contributed by atoms with Crippen LogP contribution in [0.25, 0.3) is 0 Å². The van der Waals surface area contributed by atoms with E-state index in [0.29, 0.717) is 41.0 Å². The number of ether oxygens (including phenoxy) is 2. The van der Waals surface area contributed by atoms with Crippen LogP contribution in [0.3, 0.4) is 0 Å². The fourth-order valence-corrected chi connectivity index (χ4v) is 4.12. The lowest BCUT2D eigenvalue weighted by molar-refractivity contribution is -0.118. The molecule has 3 aromatic carbocycles. The average molecular weight is 603 g/mol. The highest BCUT2D eigenvalue weighted by Crippen LogP contribution is 2.35. The number of aryl methyl sites for hydroxylation is 1. The number of halogens is 4. The SMILES string of the molecule is CCOc1cc(CNc2ccc(F)c(Cl)c2)cc(I)c1OCC(=O)Nc1ccc(C)c(Cl)c1.